The number of aromatic amines is 1. The predicted molar refractivity (Wildman–Crippen MR) is 75.4 cm³/mol. The van der Waals surface area contributed by atoms with Crippen LogP contribution < -0.4 is 10.9 Å². The van der Waals surface area contributed by atoms with E-state index >= 15 is 0 Å². The Hall–Kier alpha value is -1.72. The van der Waals surface area contributed by atoms with Crippen LogP contribution in [0, 0.1) is 0 Å². The summed E-state index contributed by atoms with van der Waals surface area (Å²) in [6.45, 7) is 5.17. The van der Waals surface area contributed by atoms with Gasteiger partial charge >= 0.3 is 0 Å². The topological polar surface area (TPSA) is 61.0 Å². The van der Waals surface area contributed by atoms with Crippen molar-refractivity contribution in [1.82, 2.24) is 20.2 Å². The first-order valence-corrected chi connectivity index (χ1v) is 6.74. The molecule has 1 saturated heterocycles. The molecule has 1 aromatic heterocycles. The van der Waals surface area contributed by atoms with Crippen molar-refractivity contribution in [2.45, 2.75) is 6.42 Å². The molecule has 1 aliphatic heterocycles. The highest BCUT2D eigenvalue weighted by Crippen LogP contribution is 2.06. The number of fused-ring (bicyclic) bond motifs is 1. The van der Waals surface area contributed by atoms with Gasteiger partial charge in [0, 0.05) is 39.1 Å². The van der Waals surface area contributed by atoms with Gasteiger partial charge in [0.05, 0.1) is 10.9 Å². The SMILES string of the molecule is O=c1[nH]c(CCN2CCNCC2)nc2ccccc12. The van der Waals surface area contributed by atoms with Gasteiger partial charge in [-0.2, -0.15) is 0 Å². The number of H-pyrrole nitrogens is 1. The Bertz CT molecular complexity index is 616. The van der Waals surface area contributed by atoms with Crippen molar-refractivity contribution in [1.29, 1.82) is 0 Å². The molecule has 0 amide bonds. The zero-order chi connectivity index (χ0) is 13.1. The molecule has 0 bridgehead atoms. The molecule has 19 heavy (non-hydrogen) atoms. The van der Waals surface area contributed by atoms with Crippen molar-refractivity contribution in [2.75, 3.05) is 32.7 Å². The number of nitrogens with one attached hydrogen (secondary N) is 2. The smallest absolute Gasteiger partial charge is 0.258 e. The van der Waals surface area contributed by atoms with E-state index < -0.39 is 0 Å². The number of para-hydroxylation sites is 1. The highest BCUT2D eigenvalue weighted by atomic mass is 16.1. The van der Waals surface area contributed by atoms with Crippen LogP contribution in [0.4, 0.5) is 0 Å². The fourth-order valence-corrected chi connectivity index (χ4v) is 2.45. The minimum Gasteiger partial charge on any atom is -0.314 e. The minimum absolute atomic E-state index is 0.0408. The van der Waals surface area contributed by atoms with Gasteiger partial charge < -0.3 is 15.2 Å². The van der Waals surface area contributed by atoms with Gasteiger partial charge in [0.15, 0.2) is 0 Å². The maximum absolute atomic E-state index is 11.9. The van der Waals surface area contributed by atoms with Crippen LogP contribution in [0.1, 0.15) is 5.82 Å². The first-order valence-electron chi connectivity index (χ1n) is 6.74. The Morgan fingerprint density at radius 1 is 1.21 bits per heavy atom. The van der Waals surface area contributed by atoms with Gasteiger partial charge in [-0.25, -0.2) is 4.98 Å². The van der Waals surface area contributed by atoms with Crippen molar-refractivity contribution in [2.24, 2.45) is 0 Å². The number of hydrogen-bond acceptors (Lipinski definition) is 4. The van der Waals surface area contributed by atoms with Gasteiger partial charge in [-0.15, -0.1) is 0 Å². The Labute approximate surface area is 111 Å². The maximum Gasteiger partial charge on any atom is 0.258 e. The number of benzene rings is 1. The van der Waals surface area contributed by atoms with Crippen molar-refractivity contribution in [3.8, 4) is 0 Å². The summed E-state index contributed by atoms with van der Waals surface area (Å²) in [4.78, 5) is 21.7. The molecule has 100 valence electrons. The van der Waals surface area contributed by atoms with Crippen molar-refractivity contribution in [3.63, 3.8) is 0 Å². The van der Waals surface area contributed by atoms with E-state index in [0.717, 1.165) is 50.5 Å². The third-order valence-corrected chi connectivity index (χ3v) is 3.54. The van der Waals surface area contributed by atoms with Crippen LogP contribution in [-0.4, -0.2) is 47.6 Å². The summed E-state index contributed by atoms with van der Waals surface area (Å²) in [5.41, 5.74) is 0.738. The molecule has 2 aromatic rings. The van der Waals surface area contributed by atoms with E-state index in [1.165, 1.54) is 0 Å². The molecule has 1 fully saturated rings. The van der Waals surface area contributed by atoms with Crippen LogP contribution in [0.25, 0.3) is 10.9 Å². The van der Waals surface area contributed by atoms with E-state index in [4.69, 9.17) is 0 Å². The molecule has 0 radical (unpaired) electrons. The van der Waals surface area contributed by atoms with Gasteiger partial charge in [-0.05, 0) is 12.1 Å². The van der Waals surface area contributed by atoms with Crippen LogP contribution in [0.5, 0.6) is 0 Å². The number of hydrogen-bond donors (Lipinski definition) is 2. The highest BCUT2D eigenvalue weighted by molar-refractivity contribution is 5.77. The average molecular weight is 258 g/mol. The van der Waals surface area contributed by atoms with Gasteiger partial charge in [0.2, 0.25) is 0 Å². The summed E-state index contributed by atoms with van der Waals surface area (Å²) in [6, 6.07) is 7.47. The van der Waals surface area contributed by atoms with Crippen molar-refractivity contribution < 1.29 is 0 Å². The van der Waals surface area contributed by atoms with Crippen molar-refractivity contribution in [3.05, 3.63) is 40.4 Å². The fraction of sp³-hybridized carbons (Fsp3) is 0.429. The molecule has 1 aliphatic rings. The molecular formula is C14H18N4O. The van der Waals surface area contributed by atoms with Gasteiger partial charge in [0.25, 0.3) is 5.56 Å². The summed E-state index contributed by atoms with van der Waals surface area (Å²) < 4.78 is 0. The molecule has 1 aromatic carbocycles. The second-order valence-electron chi connectivity index (χ2n) is 4.87. The minimum atomic E-state index is -0.0408. The average Bonchev–Trinajstić information content (AvgIpc) is 2.46. The third-order valence-electron chi connectivity index (χ3n) is 3.54. The monoisotopic (exact) mass is 258 g/mol. The number of rotatable bonds is 3. The van der Waals surface area contributed by atoms with Crippen molar-refractivity contribution >= 4 is 10.9 Å². The van der Waals surface area contributed by atoms with E-state index in [2.05, 4.69) is 20.2 Å². The number of piperazine rings is 1. The quantitative estimate of drug-likeness (QED) is 0.835. The van der Waals surface area contributed by atoms with E-state index in [-0.39, 0.29) is 5.56 Å². The lowest BCUT2D eigenvalue weighted by Gasteiger charge is -2.26. The molecule has 0 saturated carbocycles. The Morgan fingerprint density at radius 2 is 2.00 bits per heavy atom. The van der Waals surface area contributed by atoms with E-state index in [1.54, 1.807) is 6.07 Å². The molecule has 2 heterocycles. The third kappa shape index (κ3) is 2.83. The van der Waals surface area contributed by atoms with E-state index in [1.807, 2.05) is 18.2 Å². The zero-order valence-electron chi connectivity index (χ0n) is 10.9. The molecule has 0 aliphatic carbocycles. The molecule has 5 nitrogen and oxygen atoms in total. The lowest BCUT2D eigenvalue weighted by molar-refractivity contribution is 0.242. The predicted octanol–water partition coefficient (Wildman–Crippen LogP) is 0.371. The lowest BCUT2D eigenvalue weighted by atomic mass is 10.2. The van der Waals surface area contributed by atoms with Gasteiger partial charge in [0.1, 0.15) is 5.82 Å². The summed E-state index contributed by atoms with van der Waals surface area (Å²) in [5, 5.41) is 3.99. The van der Waals surface area contributed by atoms with E-state index in [9.17, 15) is 4.79 Å². The second kappa shape index (κ2) is 5.50. The largest absolute Gasteiger partial charge is 0.314 e. The Morgan fingerprint density at radius 3 is 2.84 bits per heavy atom. The first kappa shape index (κ1) is 12.3. The highest BCUT2D eigenvalue weighted by Gasteiger charge is 2.10. The zero-order valence-corrected chi connectivity index (χ0v) is 10.9. The Kier molecular flexibility index (Phi) is 3.57. The molecule has 3 rings (SSSR count). The van der Waals surface area contributed by atoms with Crippen LogP contribution in [0.2, 0.25) is 0 Å². The Balaban J connectivity index is 1.75. The molecule has 0 spiro atoms. The molecule has 5 heteroatoms. The summed E-state index contributed by atoms with van der Waals surface area (Å²) in [7, 11) is 0. The molecule has 2 N–H and O–H groups in total. The summed E-state index contributed by atoms with van der Waals surface area (Å²) in [6.07, 6.45) is 0.792. The standard InChI is InChI=1S/C14H18N4O/c19-14-11-3-1-2-4-12(11)16-13(17-14)5-8-18-9-6-15-7-10-18/h1-4,15H,5-10H2,(H,16,17,19). The fourth-order valence-electron chi connectivity index (χ4n) is 2.45. The van der Waals surface area contributed by atoms with E-state index in [0.29, 0.717) is 5.39 Å². The molecule has 0 unspecified atom stereocenters. The van der Waals surface area contributed by atoms with Crippen LogP contribution >= 0.6 is 0 Å². The number of aromatic nitrogens is 2. The molecule has 0 atom stereocenters. The van der Waals surface area contributed by atoms with Crippen LogP contribution in [0.15, 0.2) is 29.1 Å². The second-order valence-corrected chi connectivity index (χ2v) is 4.87. The lowest BCUT2D eigenvalue weighted by Crippen LogP contribution is -2.44. The maximum atomic E-state index is 11.9. The van der Waals surface area contributed by atoms with Crippen LogP contribution in [-0.2, 0) is 6.42 Å². The number of nitrogens with zero attached hydrogens (tertiary/aromatic N) is 2. The normalized spacial score (nSPS) is 16.8. The summed E-state index contributed by atoms with van der Waals surface area (Å²) in [5.74, 6) is 0.780. The van der Waals surface area contributed by atoms with Gasteiger partial charge in [-0.1, -0.05) is 12.1 Å². The van der Waals surface area contributed by atoms with Gasteiger partial charge in [-0.3, -0.25) is 4.79 Å². The van der Waals surface area contributed by atoms with Crippen LogP contribution in [0.3, 0.4) is 0 Å². The summed E-state index contributed by atoms with van der Waals surface area (Å²) >= 11 is 0. The molecular weight excluding hydrogens is 240 g/mol. The first-order chi connectivity index (χ1) is 9.33.